The van der Waals surface area contributed by atoms with Crippen molar-refractivity contribution in [1.29, 1.82) is 0 Å². The van der Waals surface area contributed by atoms with Crippen LogP contribution in [0.15, 0.2) is 18.7 Å². The molecule has 6 heteroatoms. The summed E-state index contributed by atoms with van der Waals surface area (Å²) in [5, 5.41) is 1.37. The second kappa shape index (κ2) is 6.11. The molecule has 4 nitrogen and oxygen atoms in total. The second-order valence-corrected chi connectivity index (χ2v) is 10.2. The molecule has 0 radical (unpaired) electrons. The second-order valence-electron chi connectivity index (χ2n) is 6.11. The lowest BCUT2D eigenvalue weighted by Crippen LogP contribution is -2.28. The molecule has 2 aromatic heterocycles. The molecule has 0 aromatic carbocycles. The fourth-order valence-corrected chi connectivity index (χ4v) is 3.43. The predicted molar refractivity (Wildman–Crippen MR) is 92.2 cm³/mol. The van der Waals surface area contributed by atoms with Crippen LogP contribution in [-0.2, 0) is 4.43 Å². The topological polar surface area (TPSA) is 39.9 Å². The van der Waals surface area contributed by atoms with Crippen molar-refractivity contribution in [2.45, 2.75) is 45.3 Å². The van der Waals surface area contributed by atoms with Crippen LogP contribution in [0.25, 0.3) is 11.0 Å². The highest BCUT2D eigenvalue weighted by Crippen LogP contribution is 2.28. The van der Waals surface area contributed by atoms with E-state index in [0.717, 1.165) is 17.6 Å². The Balaban J connectivity index is 2.14. The van der Waals surface area contributed by atoms with Gasteiger partial charge in [0.2, 0.25) is 0 Å². The van der Waals surface area contributed by atoms with Crippen LogP contribution >= 0.6 is 22.6 Å². The van der Waals surface area contributed by atoms with Crippen molar-refractivity contribution in [1.82, 2.24) is 14.5 Å². The van der Waals surface area contributed by atoms with Crippen LogP contribution in [0.4, 0.5) is 0 Å². The molecule has 0 N–H and O–H groups in total. The Morgan fingerprint density at radius 2 is 2.15 bits per heavy atom. The number of halogens is 1. The van der Waals surface area contributed by atoms with Gasteiger partial charge in [-0.15, -0.1) is 0 Å². The fraction of sp³-hybridized carbons (Fsp3) is 0.571. The molecule has 0 fully saturated rings. The molecule has 1 atom stereocenters. The van der Waals surface area contributed by atoms with E-state index in [0.29, 0.717) is 0 Å². The van der Waals surface area contributed by atoms with E-state index < -0.39 is 9.04 Å². The van der Waals surface area contributed by atoms with Crippen LogP contribution in [-0.4, -0.2) is 30.2 Å². The summed E-state index contributed by atoms with van der Waals surface area (Å²) in [5.41, 5.74) is 0.987. The number of hydrogen-bond acceptors (Lipinski definition) is 3. The summed E-state index contributed by atoms with van der Waals surface area (Å²) in [6, 6.07) is 0.276. The largest absolute Gasteiger partial charge is 0.475 e. The standard InChI is InChI=1S/C14H21IN3OSi/c1-10(8-19-20(5)14(2,3)4)18-7-12(15)11-6-16-9-17-13(11)18/h6-7,9-10H,8H2,1-5H3/q+1/t10-/m0/s1. The predicted octanol–water partition coefficient (Wildman–Crippen LogP) is 4.03. The first-order valence-corrected chi connectivity index (χ1v) is 9.72. The lowest BCUT2D eigenvalue weighted by Gasteiger charge is -2.16. The number of fused-ring (bicyclic) bond motifs is 1. The minimum absolute atomic E-state index is 0.264. The van der Waals surface area contributed by atoms with Crippen molar-refractivity contribution in [3.8, 4) is 0 Å². The van der Waals surface area contributed by atoms with Crippen molar-refractivity contribution < 1.29 is 4.43 Å². The molecule has 2 rings (SSSR count). The molecule has 2 heterocycles. The zero-order valence-electron chi connectivity index (χ0n) is 12.6. The molecule has 0 bridgehead atoms. The molecule has 0 saturated carbocycles. The van der Waals surface area contributed by atoms with Gasteiger partial charge in [0.25, 0.3) is 0 Å². The van der Waals surface area contributed by atoms with Gasteiger partial charge in [0.05, 0.1) is 18.0 Å². The molecule has 0 spiro atoms. The van der Waals surface area contributed by atoms with Crippen molar-refractivity contribution in [3.63, 3.8) is 0 Å². The Kier molecular flexibility index (Phi) is 4.86. The normalized spacial score (nSPS) is 13.7. The molecule has 0 aliphatic heterocycles. The van der Waals surface area contributed by atoms with Crippen molar-refractivity contribution in [2.24, 2.45) is 0 Å². The number of nitrogens with zero attached hydrogens (tertiary/aromatic N) is 3. The summed E-state index contributed by atoms with van der Waals surface area (Å²) in [4.78, 5) is 8.50. The molecule has 0 aliphatic rings. The third-order valence-electron chi connectivity index (χ3n) is 3.52. The Hall–Kier alpha value is -0.473. The van der Waals surface area contributed by atoms with Crippen molar-refractivity contribution >= 4 is 42.7 Å². The van der Waals surface area contributed by atoms with E-state index in [4.69, 9.17) is 4.43 Å². The van der Waals surface area contributed by atoms with Gasteiger partial charge in [-0.2, -0.15) is 0 Å². The summed E-state index contributed by atoms with van der Waals surface area (Å²) in [6.07, 6.45) is 5.61. The molecular weight excluding hydrogens is 381 g/mol. The molecule has 0 saturated heterocycles. The number of aromatic nitrogens is 3. The summed E-state index contributed by atoms with van der Waals surface area (Å²) in [5.74, 6) is 0. The Morgan fingerprint density at radius 1 is 1.45 bits per heavy atom. The molecule has 0 amide bonds. The van der Waals surface area contributed by atoms with E-state index in [2.05, 4.69) is 77.6 Å². The van der Waals surface area contributed by atoms with Gasteiger partial charge < -0.3 is 4.57 Å². The lowest BCUT2D eigenvalue weighted by atomic mass is 10.3. The number of hydrogen-bond donors (Lipinski definition) is 0. The van der Waals surface area contributed by atoms with Crippen LogP contribution < -0.4 is 0 Å². The van der Waals surface area contributed by atoms with E-state index >= 15 is 0 Å². The maximum absolute atomic E-state index is 6.12. The minimum Gasteiger partial charge on any atom is -0.326 e. The first-order chi connectivity index (χ1) is 9.30. The first kappa shape index (κ1) is 15.9. The Labute approximate surface area is 135 Å². The Morgan fingerprint density at radius 3 is 2.80 bits per heavy atom. The van der Waals surface area contributed by atoms with E-state index in [1.165, 1.54) is 3.57 Å². The monoisotopic (exact) mass is 402 g/mol. The van der Waals surface area contributed by atoms with E-state index in [9.17, 15) is 0 Å². The zero-order chi connectivity index (χ0) is 14.9. The third kappa shape index (κ3) is 3.40. The maximum Gasteiger partial charge on any atom is 0.475 e. The highest BCUT2D eigenvalue weighted by Gasteiger charge is 2.39. The van der Waals surface area contributed by atoms with E-state index in [-0.39, 0.29) is 11.1 Å². The van der Waals surface area contributed by atoms with Crippen LogP contribution in [0.3, 0.4) is 0 Å². The SMILES string of the molecule is C[C@@H](CO[Si+](C)C(C)(C)C)n1cc(I)c2cncnc21. The number of rotatable bonds is 4. The molecule has 2 aromatic rings. The lowest BCUT2D eigenvalue weighted by molar-refractivity contribution is 0.254. The van der Waals surface area contributed by atoms with Gasteiger partial charge >= 0.3 is 9.04 Å². The Bertz CT molecular complexity index is 594. The zero-order valence-corrected chi connectivity index (χ0v) is 15.8. The molecule has 20 heavy (non-hydrogen) atoms. The van der Waals surface area contributed by atoms with Crippen LogP contribution in [0.2, 0.25) is 11.6 Å². The maximum atomic E-state index is 6.12. The van der Waals surface area contributed by atoms with Gasteiger partial charge in [-0.3, -0.25) is 0 Å². The van der Waals surface area contributed by atoms with Gasteiger partial charge in [0, 0.05) is 16.0 Å². The molecular formula is C14H21IN3OSi+. The molecule has 0 unspecified atom stereocenters. The summed E-state index contributed by atoms with van der Waals surface area (Å²) in [6.45, 7) is 11.9. The highest BCUT2D eigenvalue weighted by molar-refractivity contribution is 14.1. The molecule has 108 valence electrons. The van der Waals surface area contributed by atoms with E-state index in [1.807, 2.05) is 6.20 Å². The summed E-state index contributed by atoms with van der Waals surface area (Å²) >= 11 is 2.33. The van der Waals surface area contributed by atoms with Gasteiger partial charge in [0.15, 0.2) is 0 Å². The fourth-order valence-electron chi connectivity index (χ4n) is 1.83. The van der Waals surface area contributed by atoms with Crippen LogP contribution in [0.5, 0.6) is 0 Å². The van der Waals surface area contributed by atoms with Crippen molar-refractivity contribution in [3.05, 3.63) is 22.3 Å². The smallest absolute Gasteiger partial charge is 0.326 e. The van der Waals surface area contributed by atoms with E-state index in [1.54, 1.807) is 6.33 Å². The van der Waals surface area contributed by atoms with Gasteiger partial charge in [-0.25, -0.2) is 14.4 Å². The van der Waals surface area contributed by atoms with Gasteiger partial charge in [0.1, 0.15) is 23.6 Å². The average Bonchev–Trinajstić information content (AvgIpc) is 2.72. The average molecular weight is 402 g/mol. The quantitative estimate of drug-likeness (QED) is 0.573. The van der Waals surface area contributed by atoms with Crippen LogP contribution in [0, 0.1) is 3.57 Å². The minimum atomic E-state index is -0.801. The van der Waals surface area contributed by atoms with Gasteiger partial charge in [-0.1, -0.05) is 0 Å². The van der Waals surface area contributed by atoms with Crippen LogP contribution in [0.1, 0.15) is 33.7 Å². The summed E-state index contributed by atoms with van der Waals surface area (Å²) in [7, 11) is -0.801. The summed E-state index contributed by atoms with van der Waals surface area (Å²) < 4.78 is 9.49. The molecule has 0 aliphatic carbocycles. The highest BCUT2D eigenvalue weighted by atomic mass is 127. The van der Waals surface area contributed by atoms with Crippen molar-refractivity contribution in [2.75, 3.05) is 6.61 Å². The third-order valence-corrected chi connectivity index (χ3v) is 7.09. The first-order valence-electron chi connectivity index (χ1n) is 6.73. The van der Waals surface area contributed by atoms with Gasteiger partial charge in [-0.05, 0) is 50.3 Å².